The minimum Gasteiger partial charge on any atom is -0.0617 e. The van der Waals surface area contributed by atoms with E-state index in [1.165, 1.54) is 5.92 Å². The average Bonchev–Trinajstić information content (AvgIpc) is 2.91. The molecule has 120 valence electrons. The molecule has 14 atom stereocenters. The summed E-state index contributed by atoms with van der Waals surface area (Å²) in [4.78, 5) is 0. The average molecular weight is 296 g/mol. The molecule has 7 aliphatic rings. The van der Waals surface area contributed by atoms with Gasteiger partial charge in [-0.3, -0.25) is 0 Å². The lowest BCUT2D eigenvalue weighted by molar-refractivity contribution is -0.386. The van der Waals surface area contributed by atoms with Gasteiger partial charge in [0, 0.05) is 0 Å². The predicted octanol–water partition coefficient (Wildman–Crippen LogP) is 5.09. The van der Waals surface area contributed by atoms with E-state index < -0.39 is 0 Å². The minimum absolute atomic E-state index is 0.618. The molecule has 0 aromatic carbocycles. The van der Waals surface area contributed by atoms with Gasteiger partial charge in [-0.15, -0.1) is 0 Å². The Hall–Kier alpha value is 0. The van der Waals surface area contributed by atoms with E-state index in [9.17, 15) is 0 Å². The first-order valence-corrected chi connectivity index (χ1v) is 10.3. The summed E-state index contributed by atoms with van der Waals surface area (Å²) in [5.74, 6) is 10.9. The largest absolute Gasteiger partial charge is 0.0617 e. The van der Waals surface area contributed by atoms with Gasteiger partial charge >= 0.3 is 0 Å². The molecule has 6 bridgehead atoms. The molecule has 0 heteroatoms. The van der Waals surface area contributed by atoms with E-state index in [0.717, 1.165) is 58.7 Å². The van der Waals surface area contributed by atoms with Crippen molar-refractivity contribution in [3.8, 4) is 0 Å². The highest BCUT2D eigenvalue weighted by Gasteiger charge is 2.96. The van der Waals surface area contributed by atoms with Crippen LogP contribution in [-0.2, 0) is 0 Å². The topological polar surface area (TPSA) is 0 Å². The summed E-state index contributed by atoms with van der Waals surface area (Å²) in [5, 5.41) is 0. The van der Waals surface area contributed by atoms with E-state index in [-0.39, 0.29) is 0 Å². The lowest BCUT2D eigenvalue weighted by Crippen LogP contribution is -2.81. The van der Waals surface area contributed by atoms with E-state index in [4.69, 9.17) is 0 Å². The van der Waals surface area contributed by atoms with Gasteiger partial charge in [-0.1, -0.05) is 41.5 Å². The lowest BCUT2D eigenvalue weighted by atomic mass is 9.19. The van der Waals surface area contributed by atoms with Gasteiger partial charge in [-0.2, -0.15) is 0 Å². The van der Waals surface area contributed by atoms with Crippen LogP contribution in [0.25, 0.3) is 0 Å². The molecule has 22 heavy (non-hydrogen) atoms. The molecule has 0 radical (unpaired) electrons. The van der Waals surface area contributed by atoms with E-state index in [0.29, 0.717) is 16.2 Å². The number of hydrogen-bond donors (Lipinski definition) is 0. The summed E-state index contributed by atoms with van der Waals surface area (Å²) in [6, 6.07) is 0. The molecule has 0 saturated heterocycles. The lowest BCUT2D eigenvalue weighted by Gasteiger charge is -2.85. The Bertz CT molecular complexity index is 648. The third-order valence-electron chi connectivity index (χ3n) is 13.3. The minimum atomic E-state index is 0.618. The third kappa shape index (κ3) is 0.643. The van der Waals surface area contributed by atoms with Gasteiger partial charge in [0.2, 0.25) is 0 Å². The summed E-state index contributed by atoms with van der Waals surface area (Å²) in [7, 11) is 0. The summed E-state index contributed by atoms with van der Waals surface area (Å²) in [6.45, 7) is 16.4. The fourth-order valence-electron chi connectivity index (χ4n) is 12.8. The summed E-state index contributed by atoms with van der Waals surface area (Å²) < 4.78 is 0. The van der Waals surface area contributed by atoms with Gasteiger partial charge in [0.1, 0.15) is 0 Å². The van der Waals surface area contributed by atoms with Crippen molar-refractivity contribution >= 4 is 0 Å². The second kappa shape index (κ2) is 2.68. The summed E-state index contributed by atoms with van der Waals surface area (Å²) >= 11 is 0. The molecule has 0 heterocycles. The fraction of sp³-hybridized carbons (Fsp3) is 1.00. The first kappa shape index (κ1) is 12.4. The molecule has 0 aliphatic heterocycles. The maximum atomic E-state index is 2.82. The van der Waals surface area contributed by atoms with Gasteiger partial charge in [0.25, 0.3) is 0 Å². The van der Waals surface area contributed by atoms with Crippen LogP contribution in [-0.4, -0.2) is 0 Å². The van der Waals surface area contributed by atoms with Crippen molar-refractivity contribution in [3.63, 3.8) is 0 Å². The Kier molecular flexibility index (Phi) is 1.51. The Morgan fingerprint density at radius 1 is 0.727 bits per heavy atom. The predicted molar refractivity (Wildman–Crippen MR) is 87.9 cm³/mol. The monoisotopic (exact) mass is 296 g/mol. The zero-order chi connectivity index (χ0) is 15.2. The van der Waals surface area contributed by atoms with Crippen LogP contribution in [0.5, 0.6) is 0 Å². The highest BCUT2D eigenvalue weighted by atomic mass is 15.0. The molecule has 7 saturated carbocycles. The van der Waals surface area contributed by atoms with Crippen LogP contribution in [0.2, 0.25) is 0 Å². The third-order valence-corrected chi connectivity index (χ3v) is 13.3. The van der Waals surface area contributed by atoms with E-state index in [1.54, 1.807) is 12.8 Å². The second-order valence-corrected chi connectivity index (χ2v) is 11.8. The number of rotatable bonds is 0. The van der Waals surface area contributed by atoms with Gasteiger partial charge in [-0.05, 0) is 93.7 Å². The normalized spacial score (nSPS) is 87.0. The van der Waals surface area contributed by atoms with Crippen LogP contribution in [0.15, 0.2) is 0 Å². The summed E-state index contributed by atoms with van der Waals surface area (Å²) in [6.07, 6.45) is 3.26. The Morgan fingerprint density at radius 2 is 1.45 bits per heavy atom. The second-order valence-electron chi connectivity index (χ2n) is 11.8. The molecule has 0 nitrogen and oxygen atoms in total. The SMILES string of the molecule is CC1C2C3CC45C3C3C4C(C)C(C)(C3C)C3(C)C5C2CC13C. The molecule has 7 rings (SSSR count). The van der Waals surface area contributed by atoms with Crippen molar-refractivity contribution in [2.24, 2.45) is 80.8 Å². The van der Waals surface area contributed by atoms with Crippen LogP contribution >= 0.6 is 0 Å². The zero-order valence-corrected chi connectivity index (χ0v) is 15.2. The van der Waals surface area contributed by atoms with Gasteiger partial charge < -0.3 is 0 Å². The van der Waals surface area contributed by atoms with E-state index in [1.807, 2.05) is 0 Å². The molecular weight excluding hydrogens is 264 g/mol. The van der Waals surface area contributed by atoms with Gasteiger partial charge in [0.05, 0.1) is 0 Å². The quantitative estimate of drug-likeness (QED) is 0.584. The van der Waals surface area contributed by atoms with Crippen molar-refractivity contribution in [1.29, 1.82) is 0 Å². The molecule has 7 fully saturated rings. The summed E-state index contributed by atoms with van der Waals surface area (Å²) in [5.41, 5.74) is 2.74. The highest BCUT2D eigenvalue weighted by molar-refractivity contribution is 5.43. The van der Waals surface area contributed by atoms with Crippen LogP contribution in [0.4, 0.5) is 0 Å². The Labute approximate surface area is 135 Å². The van der Waals surface area contributed by atoms with Gasteiger partial charge in [0.15, 0.2) is 0 Å². The van der Waals surface area contributed by atoms with Crippen molar-refractivity contribution in [2.75, 3.05) is 0 Å². The van der Waals surface area contributed by atoms with Crippen LogP contribution in [0, 0.1) is 80.8 Å². The Balaban J connectivity index is 1.64. The van der Waals surface area contributed by atoms with Crippen molar-refractivity contribution in [1.82, 2.24) is 0 Å². The maximum Gasteiger partial charge on any atom is -0.0173 e. The van der Waals surface area contributed by atoms with Crippen molar-refractivity contribution in [3.05, 3.63) is 0 Å². The molecule has 1 spiro atoms. The van der Waals surface area contributed by atoms with E-state index in [2.05, 4.69) is 41.5 Å². The fourth-order valence-corrected chi connectivity index (χ4v) is 12.8. The maximum absolute atomic E-state index is 2.82. The van der Waals surface area contributed by atoms with Crippen LogP contribution in [0.1, 0.15) is 54.4 Å². The Morgan fingerprint density at radius 3 is 2.18 bits per heavy atom. The van der Waals surface area contributed by atoms with Gasteiger partial charge in [-0.25, -0.2) is 0 Å². The van der Waals surface area contributed by atoms with E-state index >= 15 is 0 Å². The van der Waals surface area contributed by atoms with Crippen LogP contribution < -0.4 is 0 Å². The molecular formula is C22H32. The number of fused-ring (bicyclic) bond motifs is 5. The van der Waals surface area contributed by atoms with Crippen LogP contribution in [0.3, 0.4) is 0 Å². The smallest absolute Gasteiger partial charge is 0.0173 e. The van der Waals surface area contributed by atoms with Crippen molar-refractivity contribution in [2.45, 2.75) is 54.4 Å². The molecule has 0 aromatic rings. The standard InChI is InChI=1S/C22H32/c1-9-14-12-8-22-16-11(3)20(5,10(2)15(16)17(12)22)21(6)18(22)13(14)7-19(9,21)4/h9-18H,7-8H2,1-6H3. The highest BCUT2D eigenvalue weighted by Crippen LogP contribution is 3.00. The molecule has 0 N–H and O–H groups in total. The molecule has 7 aliphatic carbocycles. The first-order valence-electron chi connectivity index (χ1n) is 10.3. The molecule has 0 amide bonds. The zero-order valence-electron chi connectivity index (χ0n) is 15.2. The molecule has 0 aromatic heterocycles. The number of hydrogen-bond acceptors (Lipinski definition) is 0. The van der Waals surface area contributed by atoms with Crippen molar-refractivity contribution < 1.29 is 0 Å². The molecule has 14 unspecified atom stereocenters. The first-order chi connectivity index (χ1) is 10.3.